The van der Waals surface area contributed by atoms with Crippen LogP contribution in [-0.4, -0.2) is 18.0 Å². The molecule has 0 radical (unpaired) electrons. The van der Waals surface area contributed by atoms with Crippen molar-refractivity contribution >= 4 is 41.5 Å². The van der Waals surface area contributed by atoms with E-state index in [-0.39, 0.29) is 23.0 Å². The van der Waals surface area contributed by atoms with Crippen molar-refractivity contribution in [3.05, 3.63) is 68.2 Å². The Morgan fingerprint density at radius 2 is 1.92 bits per heavy atom. The number of rotatable bonds is 4. The zero-order valence-corrected chi connectivity index (χ0v) is 15.3. The largest absolute Gasteiger partial charge is 0.316 e. The first-order valence-electron chi connectivity index (χ1n) is 7.53. The van der Waals surface area contributed by atoms with Gasteiger partial charge in [0.1, 0.15) is 0 Å². The van der Waals surface area contributed by atoms with Crippen LogP contribution in [0.5, 0.6) is 0 Å². The predicted octanol–water partition coefficient (Wildman–Crippen LogP) is 4.65. The zero-order chi connectivity index (χ0) is 16.2. The molecule has 0 saturated heterocycles. The molecule has 4 nitrogen and oxygen atoms in total. The minimum absolute atomic E-state index is 0. The fraction of sp³-hybridized carbons (Fsp3) is 0.294. The quantitative estimate of drug-likeness (QED) is 0.473. The molecule has 2 aromatic carbocycles. The number of nitro groups is 1. The summed E-state index contributed by atoms with van der Waals surface area (Å²) in [6.07, 6.45) is 1.93. The maximum absolute atomic E-state index is 11.1. The summed E-state index contributed by atoms with van der Waals surface area (Å²) in [4.78, 5) is 11.9. The third-order valence-electron chi connectivity index (χ3n) is 3.99. The van der Waals surface area contributed by atoms with E-state index >= 15 is 0 Å². The standard InChI is InChI=1S/C17H17ClN2O2S.ClH/c18-15-6-5-12-7-9-19-10-8-14(12)17(15)23-11-13-3-1-2-4-16(13)20(21)22;/h1-6,19H,7-11H2;1H. The van der Waals surface area contributed by atoms with Gasteiger partial charge in [0, 0.05) is 22.3 Å². The monoisotopic (exact) mass is 384 g/mol. The van der Waals surface area contributed by atoms with Gasteiger partial charge in [-0.25, -0.2) is 0 Å². The highest BCUT2D eigenvalue weighted by atomic mass is 35.5. The Bertz CT molecular complexity index is 741. The first kappa shape index (κ1) is 19.1. The van der Waals surface area contributed by atoms with Crippen molar-refractivity contribution in [2.45, 2.75) is 23.5 Å². The summed E-state index contributed by atoms with van der Waals surface area (Å²) in [5, 5.41) is 15.3. The van der Waals surface area contributed by atoms with Crippen LogP contribution in [0, 0.1) is 10.1 Å². The number of halogens is 2. The van der Waals surface area contributed by atoms with E-state index in [9.17, 15) is 10.1 Å². The average Bonchev–Trinajstić information content (AvgIpc) is 2.79. The molecule has 1 aliphatic rings. The molecule has 3 rings (SSSR count). The molecule has 0 spiro atoms. The molecule has 1 heterocycles. The van der Waals surface area contributed by atoms with E-state index in [1.54, 1.807) is 23.9 Å². The molecule has 0 unspecified atom stereocenters. The van der Waals surface area contributed by atoms with E-state index in [1.807, 2.05) is 18.2 Å². The van der Waals surface area contributed by atoms with Crippen molar-refractivity contribution in [2.24, 2.45) is 0 Å². The summed E-state index contributed by atoms with van der Waals surface area (Å²) >= 11 is 8.00. The number of thioether (sulfide) groups is 1. The molecule has 0 aromatic heterocycles. The van der Waals surface area contributed by atoms with Crippen molar-refractivity contribution in [3.8, 4) is 0 Å². The highest BCUT2D eigenvalue weighted by Gasteiger charge is 2.17. The third kappa shape index (κ3) is 4.22. The molecule has 0 atom stereocenters. The summed E-state index contributed by atoms with van der Waals surface area (Å²) in [6, 6.07) is 10.9. The summed E-state index contributed by atoms with van der Waals surface area (Å²) < 4.78 is 0. The number of nitro benzene ring substituents is 1. The lowest BCUT2D eigenvalue weighted by Gasteiger charge is -2.14. The number of hydrogen-bond acceptors (Lipinski definition) is 4. The number of benzene rings is 2. The van der Waals surface area contributed by atoms with Gasteiger partial charge in [-0.15, -0.1) is 24.2 Å². The number of nitrogens with zero attached hydrogens (tertiary/aromatic N) is 1. The average molecular weight is 385 g/mol. The van der Waals surface area contributed by atoms with Crippen molar-refractivity contribution in [3.63, 3.8) is 0 Å². The van der Waals surface area contributed by atoms with Crippen LogP contribution in [0.25, 0.3) is 0 Å². The van der Waals surface area contributed by atoms with Crippen LogP contribution >= 0.6 is 35.8 Å². The molecule has 1 N–H and O–H groups in total. The van der Waals surface area contributed by atoms with Gasteiger partial charge in [-0.2, -0.15) is 0 Å². The van der Waals surface area contributed by atoms with E-state index in [4.69, 9.17) is 11.6 Å². The Morgan fingerprint density at radius 1 is 1.17 bits per heavy atom. The smallest absolute Gasteiger partial charge is 0.273 e. The van der Waals surface area contributed by atoms with Crippen LogP contribution in [0.15, 0.2) is 41.3 Å². The third-order valence-corrected chi connectivity index (χ3v) is 5.63. The summed E-state index contributed by atoms with van der Waals surface area (Å²) in [5.74, 6) is 0.542. The van der Waals surface area contributed by atoms with Gasteiger partial charge in [0.25, 0.3) is 5.69 Å². The van der Waals surface area contributed by atoms with Crippen LogP contribution < -0.4 is 5.32 Å². The molecule has 0 amide bonds. The second-order valence-electron chi connectivity index (χ2n) is 5.44. The number of nitrogens with one attached hydrogen (secondary N) is 1. The number of hydrogen-bond donors (Lipinski definition) is 1. The van der Waals surface area contributed by atoms with Crippen LogP contribution in [-0.2, 0) is 18.6 Å². The number of fused-ring (bicyclic) bond motifs is 1. The first-order valence-corrected chi connectivity index (χ1v) is 8.89. The van der Waals surface area contributed by atoms with E-state index in [1.165, 1.54) is 11.1 Å². The zero-order valence-electron chi connectivity index (χ0n) is 13.0. The molecule has 24 heavy (non-hydrogen) atoms. The van der Waals surface area contributed by atoms with Crippen LogP contribution in [0.4, 0.5) is 5.69 Å². The first-order chi connectivity index (χ1) is 11.2. The van der Waals surface area contributed by atoms with Gasteiger partial charge in [-0.1, -0.05) is 35.9 Å². The summed E-state index contributed by atoms with van der Waals surface area (Å²) in [6.45, 7) is 1.91. The highest BCUT2D eigenvalue weighted by molar-refractivity contribution is 7.98. The molecular weight excluding hydrogens is 367 g/mol. The fourth-order valence-corrected chi connectivity index (χ4v) is 4.32. The van der Waals surface area contributed by atoms with E-state index in [0.29, 0.717) is 5.75 Å². The molecule has 0 bridgehead atoms. The maximum atomic E-state index is 11.1. The lowest BCUT2D eigenvalue weighted by Crippen LogP contribution is -2.16. The topological polar surface area (TPSA) is 55.2 Å². The summed E-state index contributed by atoms with van der Waals surface area (Å²) in [7, 11) is 0. The maximum Gasteiger partial charge on any atom is 0.273 e. The SMILES string of the molecule is Cl.O=[N+]([O-])c1ccccc1CSc1c(Cl)ccc2c1CCNCC2. The highest BCUT2D eigenvalue weighted by Crippen LogP contribution is 2.37. The van der Waals surface area contributed by atoms with Crippen molar-refractivity contribution in [1.82, 2.24) is 5.32 Å². The Morgan fingerprint density at radius 3 is 2.71 bits per heavy atom. The van der Waals surface area contributed by atoms with Crippen LogP contribution in [0.1, 0.15) is 16.7 Å². The minimum atomic E-state index is -0.326. The Kier molecular flexibility index (Phi) is 6.92. The van der Waals surface area contributed by atoms with Crippen molar-refractivity contribution < 1.29 is 4.92 Å². The molecule has 0 fully saturated rings. The normalized spacial score (nSPS) is 13.5. The predicted molar refractivity (Wildman–Crippen MR) is 102 cm³/mol. The second-order valence-corrected chi connectivity index (χ2v) is 6.83. The van der Waals surface area contributed by atoms with Gasteiger partial charge < -0.3 is 5.32 Å². The van der Waals surface area contributed by atoms with E-state index in [2.05, 4.69) is 11.4 Å². The Labute approximate surface area is 156 Å². The Balaban J connectivity index is 0.00000208. The van der Waals surface area contributed by atoms with E-state index < -0.39 is 0 Å². The van der Waals surface area contributed by atoms with Gasteiger partial charge in [0.05, 0.1) is 9.95 Å². The molecule has 2 aromatic rings. The fourth-order valence-electron chi connectivity index (χ4n) is 2.83. The molecule has 0 saturated carbocycles. The molecule has 1 aliphatic heterocycles. The van der Waals surface area contributed by atoms with E-state index in [0.717, 1.165) is 41.4 Å². The van der Waals surface area contributed by atoms with Crippen molar-refractivity contribution in [1.29, 1.82) is 0 Å². The Hall–Kier alpha value is -1.27. The second kappa shape index (κ2) is 8.72. The van der Waals surface area contributed by atoms with Gasteiger partial charge >= 0.3 is 0 Å². The van der Waals surface area contributed by atoms with Gasteiger partial charge in [0.15, 0.2) is 0 Å². The van der Waals surface area contributed by atoms with Crippen LogP contribution in [0.3, 0.4) is 0 Å². The number of para-hydroxylation sites is 1. The summed E-state index contributed by atoms with van der Waals surface area (Å²) in [5.41, 5.74) is 3.50. The lowest BCUT2D eigenvalue weighted by molar-refractivity contribution is -0.385. The lowest BCUT2D eigenvalue weighted by atomic mass is 10.0. The minimum Gasteiger partial charge on any atom is -0.316 e. The molecule has 128 valence electrons. The molecular formula is C17H18Cl2N2O2S. The van der Waals surface area contributed by atoms with Crippen LogP contribution in [0.2, 0.25) is 5.02 Å². The molecule has 7 heteroatoms. The van der Waals surface area contributed by atoms with Crippen molar-refractivity contribution in [2.75, 3.05) is 13.1 Å². The van der Waals surface area contributed by atoms with Gasteiger partial charge in [0.2, 0.25) is 0 Å². The van der Waals surface area contributed by atoms with Gasteiger partial charge in [-0.05, 0) is 43.1 Å². The van der Waals surface area contributed by atoms with Gasteiger partial charge in [-0.3, -0.25) is 10.1 Å². The molecule has 0 aliphatic carbocycles.